The van der Waals surface area contributed by atoms with Gasteiger partial charge in [-0.25, -0.2) is 4.98 Å². The molecule has 0 aliphatic heterocycles. The summed E-state index contributed by atoms with van der Waals surface area (Å²) in [7, 11) is 2.00. The summed E-state index contributed by atoms with van der Waals surface area (Å²) in [4.78, 5) is 6.46. The topological polar surface area (TPSA) is 48.4 Å². The zero-order chi connectivity index (χ0) is 12.7. The molecule has 17 heavy (non-hydrogen) atoms. The highest BCUT2D eigenvalue weighted by molar-refractivity contribution is 5.35. The van der Waals surface area contributed by atoms with E-state index < -0.39 is 0 Å². The summed E-state index contributed by atoms with van der Waals surface area (Å²) < 4.78 is 0. The van der Waals surface area contributed by atoms with Gasteiger partial charge in [0.05, 0.1) is 6.61 Å². The van der Waals surface area contributed by atoms with E-state index in [2.05, 4.69) is 28.2 Å². The fourth-order valence-electron chi connectivity index (χ4n) is 1.46. The largest absolute Gasteiger partial charge is 0.395 e. The summed E-state index contributed by atoms with van der Waals surface area (Å²) in [5.74, 6) is 0.924. The molecule has 1 aromatic heterocycles. The van der Waals surface area contributed by atoms with Crippen molar-refractivity contribution in [2.45, 2.75) is 32.9 Å². The number of nitrogens with one attached hydrogen (secondary N) is 1. The normalized spacial score (nSPS) is 12.8. The Morgan fingerprint density at radius 2 is 2.24 bits per heavy atom. The SMILES string of the molecule is CCCNc1ccc(CN(C)C(C)CO)cn1. The number of nitrogens with zero attached hydrogens (tertiary/aromatic N) is 2. The third-order valence-electron chi connectivity index (χ3n) is 2.83. The van der Waals surface area contributed by atoms with Crippen molar-refractivity contribution in [2.75, 3.05) is 25.5 Å². The molecule has 1 heterocycles. The van der Waals surface area contributed by atoms with E-state index in [0.29, 0.717) is 0 Å². The van der Waals surface area contributed by atoms with Gasteiger partial charge in [-0.1, -0.05) is 13.0 Å². The number of hydrogen-bond donors (Lipinski definition) is 2. The van der Waals surface area contributed by atoms with E-state index in [1.165, 1.54) is 0 Å². The molecule has 0 bridgehead atoms. The zero-order valence-electron chi connectivity index (χ0n) is 11.0. The number of pyridine rings is 1. The Bertz CT molecular complexity index is 313. The van der Waals surface area contributed by atoms with Crippen LogP contribution in [0.25, 0.3) is 0 Å². The van der Waals surface area contributed by atoms with E-state index in [4.69, 9.17) is 5.11 Å². The lowest BCUT2D eigenvalue weighted by Gasteiger charge is -2.22. The van der Waals surface area contributed by atoms with Crippen molar-refractivity contribution >= 4 is 5.82 Å². The average molecular weight is 237 g/mol. The van der Waals surface area contributed by atoms with Crippen molar-refractivity contribution in [3.63, 3.8) is 0 Å². The van der Waals surface area contributed by atoms with Gasteiger partial charge in [-0.15, -0.1) is 0 Å². The molecule has 1 atom stereocenters. The van der Waals surface area contributed by atoms with Crippen LogP contribution in [-0.4, -0.2) is 41.2 Å². The number of likely N-dealkylation sites (N-methyl/N-ethyl adjacent to an activating group) is 1. The zero-order valence-corrected chi connectivity index (χ0v) is 11.0. The van der Waals surface area contributed by atoms with E-state index in [1.807, 2.05) is 26.2 Å². The molecule has 1 aromatic rings. The monoisotopic (exact) mass is 237 g/mol. The third-order valence-corrected chi connectivity index (χ3v) is 2.83. The van der Waals surface area contributed by atoms with E-state index in [0.717, 1.165) is 30.9 Å². The van der Waals surface area contributed by atoms with Crippen molar-refractivity contribution in [1.29, 1.82) is 0 Å². The van der Waals surface area contributed by atoms with Crippen molar-refractivity contribution < 1.29 is 5.11 Å². The minimum atomic E-state index is 0.174. The molecule has 0 spiro atoms. The number of aliphatic hydroxyl groups is 1. The Hall–Kier alpha value is -1.13. The van der Waals surface area contributed by atoms with E-state index in [9.17, 15) is 0 Å². The van der Waals surface area contributed by atoms with Gasteiger partial charge in [-0.3, -0.25) is 4.90 Å². The number of hydrogen-bond acceptors (Lipinski definition) is 4. The molecule has 0 aromatic carbocycles. The molecule has 0 fully saturated rings. The van der Waals surface area contributed by atoms with Crippen LogP contribution in [0, 0.1) is 0 Å². The summed E-state index contributed by atoms with van der Waals surface area (Å²) >= 11 is 0. The first-order valence-electron chi connectivity index (χ1n) is 6.17. The van der Waals surface area contributed by atoms with Crippen molar-refractivity contribution in [3.8, 4) is 0 Å². The minimum absolute atomic E-state index is 0.174. The third kappa shape index (κ3) is 4.71. The maximum absolute atomic E-state index is 9.06. The highest BCUT2D eigenvalue weighted by atomic mass is 16.3. The van der Waals surface area contributed by atoms with Crippen LogP contribution < -0.4 is 5.32 Å². The van der Waals surface area contributed by atoms with Crippen LogP contribution in [0.1, 0.15) is 25.8 Å². The number of aliphatic hydroxyl groups excluding tert-OH is 1. The molecule has 0 saturated carbocycles. The Labute approximate surface area is 104 Å². The van der Waals surface area contributed by atoms with Crippen molar-refractivity contribution in [1.82, 2.24) is 9.88 Å². The van der Waals surface area contributed by atoms with Crippen molar-refractivity contribution in [2.24, 2.45) is 0 Å². The predicted octanol–water partition coefficient (Wildman–Crippen LogP) is 1.72. The molecular weight excluding hydrogens is 214 g/mol. The fraction of sp³-hybridized carbons (Fsp3) is 0.615. The van der Waals surface area contributed by atoms with Gasteiger partial charge in [0.1, 0.15) is 5.82 Å². The van der Waals surface area contributed by atoms with Gasteiger partial charge in [0.2, 0.25) is 0 Å². The molecule has 0 aliphatic rings. The van der Waals surface area contributed by atoms with Crippen molar-refractivity contribution in [3.05, 3.63) is 23.9 Å². The van der Waals surface area contributed by atoms with E-state index in [-0.39, 0.29) is 12.6 Å². The Morgan fingerprint density at radius 3 is 2.76 bits per heavy atom. The number of aromatic nitrogens is 1. The molecule has 96 valence electrons. The van der Waals surface area contributed by atoms with Gasteiger partial charge in [-0.2, -0.15) is 0 Å². The molecule has 1 rings (SSSR count). The Balaban J connectivity index is 2.50. The molecule has 0 aliphatic carbocycles. The summed E-state index contributed by atoms with van der Waals surface area (Å²) in [6, 6.07) is 4.25. The van der Waals surface area contributed by atoms with Gasteiger partial charge in [0.25, 0.3) is 0 Å². The maximum atomic E-state index is 9.06. The van der Waals surface area contributed by atoms with Crippen LogP contribution in [0.2, 0.25) is 0 Å². The van der Waals surface area contributed by atoms with Crippen LogP contribution in [0.15, 0.2) is 18.3 Å². The second-order valence-corrected chi connectivity index (χ2v) is 4.43. The first-order valence-corrected chi connectivity index (χ1v) is 6.17. The van der Waals surface area contributed by atoms with Crippen LogP contribution in [0.3, 0.4) is 0 Å². The first kappa shape index (κ1) is 13.9. The second-order valence-electron chi connectivity index (χ2n) is 4.43. The number of anilines is 1. The number of rotatable bonds is 7. The maximum Gasteiger partial charge on any atom is 0.125 e. The van der Waals surface area contributed by atoms with Crippen LogP contribution in [-0.2, 0) is 6.54 Å². The Morgan fingerprint density at radius 1 is 1.47 bits per heavy atom. The quantitative estimate of drug-likeness (QED) is 0.758. The predicted molar refractivity (Wildman–Crippen MR) is 71.0 cm³/mol. The van der Waals surface area contributed by atoms with Gasteiger partial charge in [0.15, 0.2) is 0 Å². The molecule has 1 unspecified atom stereocenters. The summed E-state index contributed by atoms with van der Waals surface area (Å²) in [6.07, 6.45) is 2.98. The molecule has 0 amide bonds. The van der Waals surface area contributed by atoms with Gasteiger partial charge in [0, 0.05) is 25.3 Å². The van der Waals surface area contributed by atoms with Gasteiger partial charge >= 0.3 is 0 Å². The van der Waals surface area contributed by atoms with E-state index >= 15 is 0 Å². The summed E-state index contributed by atoms with van der Waals surface area (Å²) in [5, 5.41) is 12.3. The highest BCUT2D eigenvalue weighted by Crippen LogP contribution is 2.08. The summed E-state index contributed by atoms with van der Waals surface area (Å²) in [6.45, 7) is 6.08. The molecule has 4 nitrogen and oxygen atoms in total. The van der Waals surface area contributed by atoms with Gasteiger partial charge in [-0.05, 0) is 32.0 Å². The lowest BCUT2D eigenvalue weighted by molar-refractivity contribution is 0.154. The Kier molecular flexibility index (Phi) is 5.94. The first-order chi connectivity index (χ1) is 8.17. The van der Waals surface area contributed by atoms with Gasteiger partial charge < -0.3 is 10.4 Å². The standard InChI is InChI=1S/C13H23N3O/c1-4-7-14-13-6-5-12(8-15-13)9-16(3)11(2)10-17/h5-6,8,11,17H,4,7,9-10H2,1-3H3,(H,14,15). The lowest BCUT2D eigenvalue weighted by atomic mass is 10.2. The highest BCUT2D eigenvalue weighted by Gasteiger charge is 2.08. The summed E-state index contributed by atoms with van der Waals surface area (Å²) in [5.41, 5.74) is 1.16. The molecule has 4 heteroatoms. The smallest absolute Gasteiger partial charge is 0.125 e. The second kappa shape index (κ2) is 7.25. The molecule has 0 radical (unpaired) electrons. The fourth-order valence-corrected chi connectivity index (χ4v) is 1.46. The molecular formula is C13H23N3O. The minimum Gasteiger partial charge on any atom is -0.395 e. The van der Waals surface area contributed by atoms with Crippen LogP contribution >= 0.6 is 0 Å². The van der Waals surface area contributed by atoms with Crippen LogP contribution in [0.5, 0.6) is 0 Å². The van der Waals surface area contributed by atoms with Crippen LogP contribution in [0.4, 0.5) is 5.82 Å². The molecule has 0 saturated heterocycles. The van der Waals surface area contributed by atoms with E-state index in [1.54, 1.807) is 0 Å². The lowest BCUT2D eigenvalue weighted by Crippen LogP contribution is -2.31. The average Bonchev–Trinajstić information content (AvgIpc) is 2.37. The molecule has 2 N–H and O–H groups in total.